The van der Waals surface area contributed by atoms with Crippen molar-refractivity contribution in [2.45, 2.75) is 19.3 Å². The monoisotopic (exact) mass is 294 g/mol. The van der Waals surface area contributed by atoms with Gasteiger partial charge >= 0.3 is 0 Å². The van der Waals surface area contributed by atoms with E-state index < -0.39 is 0 Å². The molecule has 2 rings (SSSR count). The quantitative estimate of drug-likeness (QED) is 0.306. The summed E-state index contributed by atoms with van der Waals surface area (Å²) in [5.74, 6) is 0.429. The van der Waals surface area contributed by atoms with E-state index in [1.54, 1.807) is 0 Å². The van der Waals surface area contributed by atoms with Crippen LogP contribution in [0.1, 0.15) is 19.3 Å². The molecular weight excluding hydrogens is 268 g/mol. The van der Waals surface area contributed by atoms with Gasteiger partial charge < -0.3 is 14.7 Å². The van der Waals surface area contributed by atoms with Crippen LogP contribution in [0.2, 0.25) is 0 Å². The lowest BCUT2D eigenvalue weighted by Gasteiger charge is -2.32. The van der Waals surface area contributed by atoms with E-state index >= 15 is 0 Å². The Kier molecular flexibility index (Phi) is 6.29. The summed E-state index contributed by atoms with van der Waals surface area (Å²) >= 11 is 0. The first-order valence-corrected chi connectivity index (χ1v) is 7.88. The van der Waals surface area contributed by atoms with Gasteiger partial charge in [0.2, 0.25) is 5.91 Å². The number of piperazine rings is 1. The van der Waals surface area contributed by atoms with Gasteiger partial charge in [-0.2, -0.15) is 0 Å². The first kappa shape index (κ1) is 16.1. The highest BCUT2D eigenvalue weighted by Crippen LogP contribution is 2.18. The maximum Gasteiger partial charge on any atom is 0.222 e. The fourth-order valence-corrected chi connectivity index (χ4v) is 3.05. The van der Waals surface area contributed by atoms with Crippen molar-refractivity contribution < 1.29 is 4.79 Å². The molecule has 0 spiro atoms. The normalized spacial score (nSPS) is 24.3. The van der Waals surface area contributed by atoms with E-state index in [1.807, 2.05) is 4.90 Å². The number of likely N-dealkylation sites (N-methyl/N-ethyl adjacent to an activating group) is 1. The van der Waals surface area contributed by atoms with Gasteiger partial charge in [0.15, 0.2) is 0 Å². The number of carbonyl (C=O) groups excluding carboxylic acids is 1. The van der Waals surface area contributed by atoms with Gasteiger partial charge in [0, 0.05) is 57.1 Å². The molecule has 2 fully saturated rings. The molecule has 0 N–H and O–H groups in total. The van der Waals surface area contributed by atoms with Crippen LogP contribution in [0.15, 0.2) is 5.11 Å². The molecule has 118 valence electrons. The number of hydrogen-bond donors (Lipinski definition) is 0. The summed E-state index contributed by atoms with van der Waals surface area (Å²) < 4.78 is 0. The number of carbonyl (C=O) groups is 1. The molecule has 7 heteroatoms. The average Bonchev–Trinajstić information content (AvgIpc) is 2.83. The average molecular weight is 294 g/mol. The molecule has 21 heavy (non-hydrogen) atoms. The molecule has 0 radical (unpaired) electrons. The van der Waals surface area contributed by atoms with Crippen LogP contribution >= 0.6 is 0 Å². The Hall–Kier alpha value is -1.30. The molecule has 2 aliphatic rings. The second-order valence-corrected chi connectivity index (χ2v) is 6.18. The van der Waals surface area contributed by atoms with Gasteiger partial charge in [-0.15, -0.1) is 0 Å². The Labute approximate surface area is 126 Å². The molecule has 0 aliphatic carbocycles. The highest BCUT2D eigenvalue weighted by molar-refractivity contribution is 5.78. The minimum absolute atomic E-state index is 0.214. The molecular formula is C14H26N6O. The Balaban J connectivity index is 1.58. The zero-order chi connectivity index (χ0) is 15.1. The zero-order valence-electron chi connectivity index (χ0n) is 12.9. The van der Waals surface area contributed by atoms with Crippen molar-refractivity contribution in [2.75, 3.05) is 59.4 Å². The molecule has 1 unspecified atom stereocenters. The lowest BCUT2D eigenvalue weighted by atomic mass is 10.1. The molecule has 0 saturated carbocycles. The maximum absolute atomic E-state index is 11.9. The molecule has 2 aliphatic heterocycles. The van der Waals surface area contributed by atoms with E-state index in [0.717, 1.165) is 58.7 Å². The third kappa shape index (κ3) is 5.19. The van der Waals surface area contributed by atoms with Gasteiger partial charge in [0.1, 0.15) is 0 Å². The van der Waals surface area contributed by atoms with Gasteiger partial charge in [-0.25, -0.2) is 0 Å². The number of likely N-dealkylation sites (tertiary alicyclic amines) is 1. The lowest BCUT2D eigenvalue weighted by molar-refractivity contribution is -0.127. The smallest absolute Gasteiger partial charge is 0.222 e. The van der Waals surface area contributed by atoms with Gasteiger partial charge in [0.05, 0.1) is 0 Å². The highest BCUT2D eigenvalue weighted by atomic mass is 16.2. The summed E-state index contributed by atoms with van der Waals surface area (Å²) in [6.07, 6.45) is 2.75. The van der Waals surface area contributed by atoms with Crippen molar-refractivity contribution >= 4 is 5.91 Å². The van der Waals surface area contributed by atoms with Crippen LogP contribution in [0.4, 0.5) is 0 Å². The molecule has 1 amide bonds. The summed E-state index contributed by atoms with van der Waals surface area (Å²) in [5.41, 5.74) is 8.32. The van der Waals surface area contributed by atoms with Crippen LogP contribution < -0.4 is 0 Å². The van der Waals surface area contributed by atoms with Crippen LogP contribution in [0, 0.1) is 5.92 Å². The van der Waals surface area contributed by atoms with Gasteiger partial charge in [-0.3, -0.25) is 4.79 Å². The van der Waals surface area contributed by atoms with Crippen LogP contribution in [-0.4, -0.2) is 80.0 Å². The summed E-state index contributed by atoms with van der Waals surface area (Å²) in [6, 6.07) is 0. The number of rotatable bonds is 7. The summed E-state index contributed by atoms with van der Waals surface area (Å²) in [6.45, 7) is 7.82. The van der Waals surface area contributed by atoms with Crippen molar-refractivity contribution in [1.29, 1.82) is 0 Å². The maximum atomic E-state index is 11.9. The molecule has 0 aromatic rings. The number of azide groups is 1. The van der Waals surface area contributed by atoms with E-state index in [0.29, 0.717) is 13.0 Å². The molecule has 2 heterocycles. The van der Waals surface area contributed by atoms with Crippen LogP contribution in [-0.2, 0) is 4.79 Å². The standard InChI is InChI=1S/C14H26N6O/c1-18-6-8-19(9-7-18)4-2-3-5-20-12-13(10-14(20)21)11-16-17-15/h13H,2-12H2,1H3. The Bertz CT molecular complexity index is 387. The van der Waals surface area contributed by atoms with Crippen LogP contribution in [0.25, 0.3) is 10.4 Å². The fraction of sp³-hybridized carbons (Fsp3) is 0.929. The highest BCUT2D eigenvalue weighted by Gasteiger charge is 2.28. The molecule has 1 atom stereocenters. The fourth-order valence-electron chi connectivity index (χ4n) is 3.05. The van der Waals surface area contributed by atoms with E-state index in [-0.39, 0.29) is 11.8 Å². The van der Waals surface area contributed by atoms with Crippen LogP contribution in [0.5, 0.6) is 0 Å². The number of unbranched alkanes of at least 4 members (excludes halogenated alkanes) is 1. The van der Waals surface area contributed by atoms with Crippen molar-refractivity contribution in [3.63, 3.8) is 0 Å². The second-order valence-electron chi connectivity index (χ2n) is 6.18. The third-order valence-corrected chi connectivity index (χ3v) is 4.45. The second kappa shape index (κ2) is 8.22. The predicted octanol–water partition coefficient (Wildman–Crippen LogP) is 1.17. The van der Waals surface area contributed by atoms with Gasteiger partial charge in [-0.05, 0) is 37.9 Å². The number of amides is 1. The first-order valence-electron chi connectivity index (χ1n) is 7.88. The van der Waals surface area contributed by atoms with E-state index in [2.05, 4.69) is 26.9 Å². The molecule has 2 saturated heterocycles. The minimum Gasteiger partial charge on any atom is -0.342 e. The number of hydrogen-bond acceptors (Lipinski definition) is 4. The summed E-state index contributed by atoms with van der Waals surface area (Å²) in [5, 5.41) is 3.58. The first-order chi connectivity index (χ1) is 10.2. The SMILES string of the molecule is CN1CCN(CCCCN2CC(CN=[N+]=[N-])CC2=O)CC1. The lowest BCUT2D eigenvalue weighted by Crippen LogP contribution is -2.44. The summed E-state index contributed by atoms with van der Waals surface area (Å²) in [4.78, 5) is 21.4. The van der Waals surface area contributed by atoms with E-state index in [4.69, 9.17) is 5.53 Å². The van der Waals surface area contributed by atoms with Gasteiger partial charge in [0.25, 0.3) is 0 Å². The van der Waals surface area contributed by atoms with Crippen molar-refractivity contribution in [3.8, 4) is 0 Å². The zero-order valence-corrected chi connectivity index (χ0v) is 12.9. The van der Waals surface area contributed by atoms with E-state index in [1.165, 1.54) is 0 Å². The van der Waals surface area contributed by atoms with Crippen molar-refractivity contribution in [3.05, 3.63) is 10.4 Å². The summed E-state index contributed by atoms with van der Waals surface area (Å²) in [7, 11) is 2.17. The van der Waals surface area contributed by atoms with Gasteiger partial charge in [-0.1, -0.05) is 5.11 Å². The minimum atomic E-state index is 0.214. The Morgan fingerprint density at radius 2 is 1.95 bits per heavy atom. The predicted molar refractivity (Wildman–Crippen MR) is 81.9 cm³/mol. The Morgan fingerprint density at radius 1 is 1.24 bits per heavy atom. The van der Waals surface area contributed by atoms with Crippen molar-refractivity contribution in [1.82, 2.24) is 14.7 Å². The Morgan fingerprint density at radius 3 is 2.67 bits per heavy atom. The number of nitrogens with zero attached hydrogens (tertiary/aromatic N) is 6. The third-order valence-electron chi connectivity index (χ3n) is 4.45. The molecule has 7 nitrogen and oxygen atoms in total. The largest absolute Gasteiger partial charge is 0.342 e. The molecule has 0 bridgehead atoms. The van der Waals surface area contributed by atoms with E-state index in [9.17, 15) is 4.79 Å². The molecule has 0 aromatic carbocycles. The van der Waals surface area contributed by atoms with Crippen LogP contribution in [0.3, 0.4) is 0 Å². The topological polar surface area (TPSA) is 75.6 Å². The van der Waals surface area contributed by atoms with Crippen molar-refractivity contribution in [2.24, 2.45) is 11.0 Å². The molecule has 0 aromatic heterocycles.